The molecule has 3 aromatic rings. The van der Waals surface area contributed by atoms with Crippen molar-refractivity contribution in [1.82, 2.24) is 14.8 Å². The van der Waals surface area contributed by atoms with Crippen molar-refractivity contribution in [3.63, 3.8) is 0 Å². The number of nitrogens with one attached hydrogen (secondary N) is 3. The van der Waals surface area contributed by atoms with E-state index < -0.39 is 17.6 Å². The molecule has 0 unspecified atom stereocenters. The van der Waals surface area contributed by atoms with Gasteiger partial charge in [0, 0.05) is 31.0 Å². The maximum atomic E-state index is 13.3. The molecule has 0 bridgehead atoms. The lowest BCUT2D eigenvalue weighted by Crippen LogP contribution is -2.39. The van der Waals surface area contributed by atoms with Crippen LogP contribution in [0.3, 0.4) is 0 Å². The number of fused-ring (bicyclic) bond motifs is 1. The van der Waals surface area contributed by atoms with E-state index in [-0.39, 0.29) is 12.6 Å². The first-order chi connectivity index (χ1) is 20.5. The maximum Gasteiger partial charge on any atom is 0.412 e. The Kier molecular flexibility index (Phi) is 10.0. The van der Waals surface area contributed by atoms with Gasteiger partial charge in [-0.15, -0.1) is 0 Å². The fourth-order valence-corrected chi connectivity index (χ4v) is 4.05. The Morgan fingerprint density at radius 3 is 2.23 bits per heavy atom. The van der Waals surface area contributed by atoms with Crippen molar-refractivity contribution in [1.29, 1.82) is 0 Å². The second kappa shape index (κ2) is 13.9. The topological polar surface area (TPSA) is 134 Å². The van der Waals surface area contributed by atoms with Crippen LogP contribution in [-0.4, -0.2) is 78.8 Å². The normalized spacial score (nSPS) is 12.3. The summed E-state index contributed by atoms with van der Waals surface area (Å²) in [4.78, 5) is 46.6. The van der Waals surface area contributed by atoms with Crippen LogP contribution in [0.4, 0.5) is 26.7 Å². The standard InChI is InChI=1S/C31H38N6O6/c1-31(2,3)43-30(40)35-25-9-7-6-8-24(25)34-28(38)21-10-11-23(32-19-21)20-37(15-14-36(4)5)29(39)33-22-12-13-26-27(18-22)42-17-16-41-26/h6-13,18-19H,14-17,20H2,1-5H3,(H,33,39)(H,34,38)(H,35,40). The molecule has 0 saturated heterocycles. The number of benzene rings is 2. The van der Waals surface area contributed by atoms with Gasteiger partial charge in [0.15, 0.2) is 11.5 Å². The molecule has 1 aliphatic rings. The zero-order valence-corrected chi connectivity index (χ0v) is 25.1. The first kappa shape index (κ1) is 31.1. The molecule has 12 nitrogen and oxygen atoms in total. The van der Waals surface area contributed by atoms with Gasteiger partial charge in [-0.3, -0.25) is 15.1 Å². The van der Waals surface area contributed by atoms with Crippen LogP contribution in [0.1, 0.15) is 36.8 Å². The molecule has 0 saturated carbocycles. The highest BCUT2D eigenvalue weighted by molar-refractivity contribution is 6.06. The Balaban J connectivity index is 1.41. The molecule has 3 N–H and O–H groups in total. The molecular formula is C31H38N6O6. The molecule has 4 amide bonds. The summed E-state index contributed by atoms with van der Waals surface area (Å²) in [5, 5.41) is 8.40. The van der Waals surface area contributed by atoms with Gasteiger partial charge in [0.2, 0.25) is 0 Å². The molecule has 4 rings (SSSR count). The molecule has 2 heterocycles. The number of aromatic nitrogens is 1. The van der Waals surface area contributed by atoms with Gasteiger partial charge in [-0.2, -0.15) is 0 Å². The minimum atomic E-state index is -0.663. The van der Waals surface area contributed by atoms with Crippen LogP contribution in [0, 0.1) is 0 Å². The minimum Gasteiger partial charge on any atom is -0.486 e. The van der Waals surface area contributed by atoms with Crippen LogP contribution in [0.15, 0.2) is 60.8 Å². The summed E-state index contributed by atoms with van der Waals surface area (Å²) in [6, 6.07) is 15.2. The van der Waals surface area contributed by atoms with E-state index >= 15 is 0 Å². The van der Waals surface area contributed by atoms with Gasteiger partial charge in [0.1, 0.15) is 18.8 Å². The fourth-order valence-electron chi connectivity index (χ4n) is 4.05. The second-order valence-electron chi connectivity index (χ2n) is 11.2. The van der Waals surface area contributed by atoms with Crippen molar-refractivity contribution in [3.05, 3.63) is 72.1 Å². The number of rotatable bonds is 9. The van der Waals surface area contributed by atoms with E-state index in [1.165, 1.54) is 6.20 Å². The summed E-state index contributed by atoms with van der Waals surface area (Å²) >= 11 is 0. The molecule has 0 atom stereocenters. The van der Waals surface area contributed by atoms with Crippen LogP contribution in [0.2, 0.25) is 0 Å². The lowest BCUT2D eigenvalue weighted by atomic mass is 10.2. The van der Waals surface area contributed by atoms with E-state index in [0.717, 1.165) is 0 Å². The quantitative estimate of drug-likeness (QED) is 0.315. The molecule has 0 radical (unpaired) electrons. The van der Waals surface area contributed by atoms with E-state index in [1.54, 1.807) is 80.3 Å². The highest BCUT2D eigenvalue weighted by Crippen LogP contribution is 2.32. The monoisotopic (exact) mass is 590 g/mol. The van der Waals surface area contributed by atoms with Crippen molar-refractivity contribution >= 4 is 35.1 Å². The average Bonchev–Trinajstić information content (AvgIpc) is 2.95. The number of urea groups is 1. The van der Waals surface area contributed by atoms with Crippen LogP contribution < -0.4 is 25.4 Å². The third kappa shape index (κ3) is 9.33. The number of anilines is 3. The van der Waals surface area contributed by atoms with E-state index in [2.05, 4.69) is 20.9 Å². The largest absolute Gasteiger partial charge is 0.486 e. The number of carbonyl (C=O) groups is 3. The number of hydrogen-bond acceptors (Lipinski definition) is 8. The first-order valence-corrected chi connectivity index (χ1v) is 13.9. The molecule has 0 fully saturated rings. The number of nitrogens with zero attached hydrogens (tertiary/aromatic N) is 3. The van der Waals surface area contributed by atoms with Gasteiger partial charge in [-0.25, -0.2) is 9.59 Å². The SMILES string of the molecule is CN(C)CCN(Cc1ccc(C(=O)Nc2ccccc2NC(=O)OC(C)(C)C)cn1)C(=O)Nc1ccc2c(c1)OCCO2. The number of para-hydroxylation sites is 2. The van der Waals surface area contributed by atoms with Gasteiger partial charge >= 0.3 is 12.1 Å². The summed E-state index contributed by atoms with van der Waals surface area (Å²) in [5.74, 6) is 0.825. The van der Waals surface area contributed by atoms with E-state index in [0.29, 0.717) is 66.1 Å². The molecule has 0 spiro atoms. The number of ether oxygens (including phenoxy) is 3. The molecular weight excluding hydrogens is 552 g/mol. The molecule has 1 aliphatic heterocycles. The van der Waals surface area contributed by atoms with Gasteiger partial charge in [-0.1, -0.05) is 12.1 Å². The van der Waals surface area contributed by atoms with E-state index in [4.69, 9.17) is 14.2 Å². The fraction of sp³-hybridized carbons (Fsp3) is 0.355. The van der Waals surface area contributed by atoms with Crippen molar-refractivity contribution < 1.29 is 28.6 Å². The smallest absolute Gasteiger partial charge is 0.412 e. The molecule has 2 aromatic carbocycles. The minimum absolute atomic E-state index is 0.231. The summed E-state index contributed by atoms with van der Waals surface area (Å²) in [7, 11) is 3.87. The molecule has 0 aliphatic carbocycles. The lowest BCUT2D eigenvalue weighted by molar-refractivity contribution is 0.0635. The molecule has 43 heavy (non-hydrogen) atoms. The predicted molar refractivity (Wildman–Crippen MR) is 164 cm³/mol. The third-order valence-electron chi connectivity index (χ3n) is 6.15. The summed E-state index contributed by atoms with van der Waals surface area (Å²) in [6.45, 7) is 7.58. The van der Waals surface area contributed by atoms with Crippen molar-refractivity contribution in [2.24, 2.45) is 0 Å². The zero-order valence-electron chi connectivity index (χ0n) is 25.1. The number of hydrogen-bond donors (Lipinski definition) is 3. The van der Waals surface area contributed by atoms with Gasteiger partial charge in [0.25, 0.3) is 5.91 Å². The Morgan fingerprint density at radius 2 is 1.58 bits per heavy atom. The van der Waals surface area contributed by atoms with Crippen LogP contribution >= 0.6 is 0 Å². The number of carbonyl (C=O) groups excluding carboxylic acids is 3. The van der Waals surface area contributed by atoms with Crippen molar-refractivity contribution in [2.45, 2.75) is 32.9 Å². The molecule has 12 heteroatoms. The Bertz CT molecular complexity index is 1440. The first-order valence-electron chi connectivity index (χ1n) is 13.9. The zero-order chi connectivity index (χ0) is 31.0. The Hall–Kier alpha value is -4.84. The van der Waals surface area contributed by atoms with Crippen LogP contribution in [0.25, 0.3) is 0 Å². The Morgan fingerprint density at radius 1 is 0.884 bits per heavy atom. The average molecular weight is 591 g/mol. The lowest BCUT2D eigenvalue weighted by Gasteiger charge is -2.25. The van der Waals surface area contributed by atoms with Gasteiger partial charge < -0.3 is 34.6 Å². The second-order valence-corrected chi connectivity index (χ2v) is 11.2. The summed E-state index contributed by atoms with van der Waals surface area (Å²) in [6.07, 6.45) is 0.828. The summed E-state index contributed by atoms with van der Waals surface area (Å²) < 4.78 is 16.5. The van der Waals surface area contributed by atoms with E-state index in [9.17, 15) is 14.4 Å². The van der Waals surface area contributed by atoms with Crippen LogP contribution in [0.5, 0.6) is 11.5 Å². The molecule has 228 valence electrons. The Labute approximate surface area is 251 Å². The third-order valence-corrected chi connectivity index (χ3v) is 6.15. The van der Waals surface area contributed by atoms with Crippen molar-refractivity contribution in [2.75, 3.05) is 56.3 Å². The number of likely N-dealkylation sites (N-methyl/N-ethyl adjacent to an activating group) is 1. The maximum absolute atomic E-state index is 13.3. The van der Waals surface area contributed by atoms with E-state index in [1.807, 2.05) is 19.0 Å². The van der Waals surface area contributed by atoms with Crippen molar-refractivity contribution in [3.8, 4) is 11.5 Å². The van der Waals surface area contributed by atoms with Gasteiger partial charge in [0.05, 0.1) is 29.2 Å². The predicted octanol–water partition coefficient (Wildman–Crippen LogP) is 5.05. The summed E-state index contributed by atoms with van der Waals surface area (Å²) in [5.41, 5.74) is 1.66. The number of pyridine rings is 1. The van der Waals surface area contributed by atoms with Crippen LogP contribution in [-0.2, 0) is 11.3 Å². The highest BCUT2D eigenvalue weighted by Gasteiger charge is 2.20. The molecule has 1 aromatic heterocycles. The highest BCUT2D eigenvalue weighted by atomic mass is 16.6. The van der Waals surface area contributed by atoms with Gasteiger partial charge in [-0.05, 0) is 71.3 Å². The number of amides is 4.